The summed E-state index contributed by atoms with van der Waals surface area (Å²) in [6.45, 7) is 4.86. The first-order valence-corrected chi connectivity index (χ1v) is 8.50. The zero-order chi connectivity index (χ0) is 14.3. The van der Waals surface area contributed by atoms with Crippen molar-refractivity contribution >= 4 is 49.9 Å². The normalized spacial score (nSPS) is 13.0. The third-order valence-corrected chi connectivity index (χ3v) is 5.39. The van der Waals surface area contributed by atoms with Gasteiger partial charge >= 0.3 is 0 Å². The molecule has 3 aromatic rings. The summed E-state index contributed by atoms with van der Waals surface area (Å²) in [5, 5.41) is 1.98. The Morgan fingerprint density at radius 3 is 2.85 bits per heavy atom. The van der Waals surface area contributed by atoms with E-state index in [9.17, 15) is 0 Å². The van der Waals surface area contributed by atoms with Crippen molar-refractivity contribution in [2.45, 2.75) is 25.8 Å². The molecule has 0 spiro atoms. The Morgan fingerprint density at radius 1 is 1.40 bits per heavy atom. The van der Waals surface area contributed by atoms with E-state index in [-0.39, 0.29) is 5.38 Å². The molecule has 0 aliphatic carbocycles. The number of aryl methyl sites for hydroxylation is 1. The summed E-state index contributed by atoms with van der Waals surface area (Å²) >= 11 is 11.6. The number of imidazole rings is 1. The number of aromatic nitrogens is 2. The molecule has 0 radical (unpaired) electrons. The van der Waals surface area contributed by atoms with Crippen molar-refractivity contribution in [1.29, 1.82) is 0 Å². The molecule has 2 nitrogen and oxygen atoms in total. The highest BCUT2D eigenvalue weighted by molar-refractivity contribution is 9.10. The van der Waals surface area contributed by atoms with Crippen LogP contribution in [0, 0.1) is 6.92 Å². The highest BCUT2D eigenvalue weighted by Gasteiger charge is 2.16. The Labute approximate surface area is 135 Å². The summed E-state index contributed by atoms with van der Waals surface area (Å²) in [5.41, 5.74) is 3.39. The third-order valence-electron chi connectivity index (χ3n) is 3.28. The van der Waals surface area contributed by atoms with Crippen LogP contribution in [0.15, 0.2) is 34.1 Å². The molecule has 2 aromatic heterocycles. The van der Waals surface area contributed by atoms with Gasteiger partial charge in [0.15, 0.2) is 0 Å². The molecular weight excluding hydrogens is 356 g/mol. The van der Waals surface area contributed by atoms with E-state index in [0.717, 1.165) is 27.9 Å². The van der Waals surface area contributed by atoms with Crippen LogP contribution < -0.4 is 0 Å². The average Bonchev–Trinajstić information content (AvgIpc) is 2.95. The zero-order valence-electron chi connectivity index (χ0n) is 11.2. The van der Waals surface area contributed by atoms with Crippen LogP contribution in [-0.4, -0.2) is 9.55 Å². The standard InChI is InChI=1S/C15H14BrClN2S/c1-9-3-4-12-13(7-9)19(15(18-12)10(2)17)8-14-11(16)5-6-20-14/h3-7,10H,8H2,1-2H3. The van der Waals surface area contributed by atoms with Gasteiger partial charge in [0, 0.05) is 9.35 Å². The van der Waals surface area contributed by atoms with Gasteiger partial charge in [0.05, 0.1) is 23.0 Å². The summed E-state index contributed by atoms with van der Waals surface area (Å²) in [7, 11) is 0. The Balaban J connectivity index is 2.18. The maximum atomic E-state index is 6.31. The second kappa shape index (κ2) is 5.51. The van der Waals surface area contributed by atoms with Gasteiger partial charge in [-0.1, -0.05) is 6.07 Å². The van der Waals surface area contributed by atoms with Crippen molar-refractivity contribution in [2.75, 3.05) is 0 Å². The fourth-order valence-corrected chi connectivity index (χ4v) is 3.93. The van der Waals surface area contributed by atoms with E-state index in [2.05, 4.69) is 62.1 Å². The summed E-state index contributed by atoms with van der Waals surface area (Å²) < 4.78 is 3.36. The third kappa shape index (κ3) is 2.52. The van der Waals surface area contributed by atoms with Gasteiger partial charge < -0.3 is 4.57 Å². The smallest absolute Gasteiger partial charge is 0.128 e. The van der Waals surface area contributed by atoms with Crippen LogP contribution in [0.5, 0.6) is 0 Å². The number of hydrogen-bond donors (Lipinski definition) is 0. The van der Waals surface area contributed by atoms with Gasteiger partial charge in [-0.2, -0.15) is 0 Å². The molecule has 104 valence electrons. The lowest BCUT2D eigenvalue weighted by Gasteiger charge is -2.10. The maximum absolute atomic E-state index is 6.31. The molecule has 0 aliphatic heterocycles. The number of fused-ring (bicyclic) bond motifs is 1. The van der Waals surface area contributed by atoms with E-state index >= 15 is 0 Å². The van der Waals surface area contributed by atoms with Crippen molar-refractivity contribution < 1.29 is 0 Å². The number of hydrogen-bond acceptors (Lipinski definition) is 2. The fraction of sp³-hybridized carbons (Fsp3) is 0.267. The molecule has 0 fully saturated rings. The predicted octanol–water partition coefficient (Wildman–Crippen LogP) is 5.52. The van der Waals surface area contributed by atoms with Gasteiger partial charge in [-0.15, -0.1) is 22.9 Å². The molecule has 1 atom stereocenters. The van der Waals surface area contributed by atoms with Crippen LogP contribution in [0.25, 0.3) is 11.0 Å². The Morgan fingerprint density at radius 2 is 2.20 bits per heavy atom. The molecule has 3 rings (SSSR count). The first-order valence-electron chi connectivity index (χ1n) is 6.39. The molecule has 5 heteroatoms. The largest absolute Gasteiger partial charge is 0.321 e. The molecule has 2 heterocycles. The van der Waals surface area contributed by atoms with Crippen molar-refractivity contribution in [3.63, 3.8) is 0 Å². The summed E-state index contributed by atoms with van der Waals surface area (Å²) in [6, 6.07) is 8.40. The van der Waals surface area contributed by atoms with E-state index in [1.807, 2.05) is 6.92 Å². The molecular formula is C15H14BrClN2S. The average molecular weight is 370 g/mol. The Hall–Kier alpha value is -0.840. The van der Waals surface area contributed by atoms with Gasteiger partial charge in [-0.25, -0.2) is 4.98 Å². The molecule has 0 bridgehead atoms. The minimum Gasteiger partial charge on any atom is -0.321 e. The van der Waals surface area contributed by atoms with E-state index in [4.69, 9.17) is 11.6 Å². The number of thiophene rings is 1. The lowest BCUT2D eigenvalue weighted by molar-refractivity contribution is 0.749. The number of nitrogens with zero attached hydrogens (tertiary/aromatic N) is 2. The summed E-state index contributed by atoms with van der Waals surface area (Å²) in [6.07, 6.45) is 0. The van der Waals surface area contributed by atoms with Crippen molar-refractivity contribution in [3.05, 3.63) is 50.4 Å². The minimum absolute atomic E-state index is 0.110. The predicted molar refractivity (Wildman–Crippen MR) is 89.9 cm³/mol. The van der Waals surface area contributed by atoms with E-state index < -0.39 is 0 Å². The van der Waals surface area contributed by atoms with E-state index in [1.165, 1.54) is 10.4 Å². The van der Waals surface area contributed by atoms with Crippen molar-refractivity contribution in [1.82, 2.24) is 9.55 Å². The lowest BCUT2D eigenvalue weighted by atomic mass is 10.2. The highest BCUT2D eigenvalue weighted by Crippen LogP contribution is 2.29. The quantitative estimate of drug-likeness (QED) is 0.556. The Bertz CT molecular complexity index is 760. The monoisotopic (exact) mass is 368 g/mol. The number of benzene rings is 1. The molecule has 0 saturated carbocycles. The van der Waals surface area contributed by atoms with Gasteiger partial charge in [0.25, 0.3) is 0 Å². The van der Waals surface area contributed by atoms with Gasteiger partial charge in [0.1, 0.15) is 5.82 Å². The van der Waals surface area contributed by atoms with Crippen LogP contribution in [0.4, 0.5) is 0 Å². The van der Waals surface area contributed by atoms with Gasteiger partial charge in [-0.3, -0.25) is 0 Å². The van der Waals surface area contributed by atoms with Gasteiger partial charge in [-0.05, 0) is 58.9 Å². The first-order chi connectivity index (χ1) is 9.56. The van der Waals surface area contributed by atoms with Crippen LogP contribution in [0.1, 0.15) is 28.6 Å². The number of halogens is 2. The number of rotatable bonds is 3. The SMILES string of the molecule is Cc1ccc2nc(C(C)Cl)n(Cc3sccc3Br)c2c1. The molecule has 0 amide bonds. The molecule has 1 unspecified atom stereocenters. The van der Waals surface area contributed by atoms with E-state index in [0.29, 0.717) is 0 Å². The van der Waals surface area contributed by atoms with Crippen LogP contribution in [0.3, 0.4) is 0 Å². The second-order valence-corrected chi connectivity index (χ2v) is 7.37. The zero-order valence-corrected chi connectivity index (χ0v) is 14.4. The molecule has 0 aliphatic rings. The molecule has 1 aromatic carbocycles. The summed E-state index contributed by atoms with van der Waals surface area (Å²) in [4.78, 5) is 5.97. The van der Waals surface area contributed by atoms with Crippen LogP contribution in [0.2, 0.25) is 0 Å². The summed E-state index contributed by atoms with van der Waals surface area (Å²) in [5.74, 6) is 0.924. The van der Waals surface area contributed by atoms with Crippen LogP contribution in [-0.2, 0) is 6.54 Å². The minimum atomic E-state index is -0.110. The van der Waals surface area contributed by atoms with E-state index in [1.54, 1.807) is 11.3 Å². The lowest BCUT2D eigenvalue weighted by Crippen LogP contribution is -2.05. The molecule has 20 heavy (non-hydrogen) atoms. The van der Waals surface area contributed by atoms with Gasteiger partial charge in [0.2, 0.25) is 0 Å². The number of alkyl halides is 1. The molecule has 0 saturated heterocycles. The Kier molecular flexibility index (Phi) is 3.89. The maximum Gasteiger partial charge on any atom is 0.128 e. The molecule has 0 N–H and O–H groups in total. The van der Waals surface area contributed by atoms with Crippen molar-refractivity contribution in [2.24, 2.45) is 0 Å². The topological polar surface area (TPSA) is 17.8 Å². The first kappa shape index (κ1) is 14.1. The second-order valence-electron chi connectivity index (χ2n) is 4.86. The van der Waals surface area contributed by atoms with Crippen molar-refractivity contribution in [3.8, 4) is 0 Å². The fourth-order valence-electron chi connectivity index (χ4n) is 2.30. The van der Waals surface area contributed by atoms with Crippen LogP contribution >= 0.6 is 38.9 Å². The highest BCUT2D eigenvalue weighted by atomic mass is 79.9.